The van der Waals surface area contributed by atoms with Gasteiger partial charge in [0.05, 0.1) is 5.38 Å². The number of pyridine rings is 1. The van der Waals surface area contributed by atoms with E-state index in [1.807, 2.05) is 43.8 Å². The Balaban J connectivity index is 2.37. The molecule has 0 spiro atoms. The van der Waals surface area contributed by atoms with Gasteiger partial charge < -0.3 is 0 Å². The first-order chi connectivity index (χ1) is 9.08. The Morgan fingerprint density at radius 1 is 1.32 bits per heavy atom. The number of fused-ring (bicyclic) bond motifs is 1. The lowest BCUT2D eigenvalue weighted by atomic mass is 10.3. The Labute approximate surface area is 115 Å². The van der Waals surface area contributed by atoms with Crippen LogP contribution in [0.5, 0.6) is 0 Å². The summed E-state index contributed by atoms with van der Waals surface area (Å²) in [5.41, 5.74) is 2.75. The molecule has 3 aromatic heterocycles. The third kappa shape index (κ3) is 1.90. The molecule has 0 N–H and O–H groups in total. The van der Waals surface area contributed by atoms with Gasteiger partial charge in [-0.15, -0.1) is 11.6 Å². The van der Waals surface area contributed by atoms with Crippen LogP contribution in [0.4, 0.5) is 0 Å². The Bertz CT molecular complexity index is 741. The van der Waals surface area contributed by atoms with Crippen molar-refractivity contribution in [1.82, 2.24) is 24.3 Å². The second kappa shape index (κ2) is 4.35. The second-order valence-corrected chi connectivity index (χ2v) is 5.22. The maximum Gasteiger partial charge on any atom is 0.166 e. The number of halogens is 1. The van der Waals surface area contributed by atoms with Gasteiger partial charge >= 0.3 is 0 Å². The predicted molar refractivity (Wildman–Crippen MR) is 74.6 cm³/mol. The molecule has 6 heteroatoms. The Morgan fingerprint density at radius 2 is 2.11 bits per heavy atom. The van der Waals surface area contributed by atoms with E-state index in [1.54, 1.807) is 10.9 Å². The monoisotopic (exact) mass is 275 g/mol. The van der Waals surface area contributed by atoms with Gasteiger partial charge in [-0.05, 0) is 25.5 Å². The molecule has 0 saturated heterocycles. The first kappa shape index (κ1) is 12.2. The van der Waals surface area contributed by atoms with Crippen molar-refractivity contribution >= 4 is 22.8 Å². The van der Waals surface area contributed by atoms with Crippen LogP contribution in [-0.2, 0) is 7.05 Å². The molecule has 3 aromatic rings. The quantitative estimate of drug-likeness (QED) is 0.676. The largest absolute Gasteiger partial charge is 0.274 e. The van der Waals surface area contributed by atoms with Gasteiger partial charge in [-0.3, -0.25) is 9.25 Å². The summed E-state index contributed by atoms with van der Waals surface area (Å²) in [6, 6.07) is 3.87. The van der Waals surface area contributed by atoms with E-state index in [2.05, 4.69) is 15.1 Å². The number of imidazole rings is 1. The van der Waals surface area contributed by atoms with Crippen molar-refractivity contribution in [2.75, 3.05) is 0 Å². The number of aromatic nitrogens is 5. The molecule has 0 aliphatic heterocycles. The summed E-state index contributed by atoms with van der Waals surface area (Å²) >= 11 is 6.24. The molecule has 0 radical (unpaired) electrons. The molecule has 1 unspecified atom stereocenters. The maximum absolute atomic E-state index is 6.24. The van der Waals surface area contributed by atoms with E-state index < -0.39 is 0 Å². The van der Waals surface area contributed by atoms with Crippen molar-refractivity contribution in [2.24, 2.45) is 7.05 Å². The average molecular weight is 276 g/mol. The molecule has 0 fully saturated rings. The molecule has 5 nitrogen and oxygen atoms in total. The minimum absolute atomic E-state index is 0.212. The highest BCUT2D eigenvalue weighted by Crippen LogP contribution is 2.27. The minimum Gasteiger partial charge on any atom is -0.274 e. The van der Waals surface area contributed by atoms with Gasteiger partial charge in [0.1, 0.15) is 11.3 Å². The Kier molecular flexibility index (Phi) is 2.78. The lowest BCUT2D eigenvalue weighted by molar-refractivity contribution is 0.742. The normalized spacial score (nSPS) is 13.1. The van der Waals surface area contributed by atoms with Crippen LogP contribution < -0.4 is 0 Å². The van der Waals surface area contributed by atoms with Crippen LogP contribution in [0.2, 0.25) is 0 Å². The predicted octanol–water partition coefficient (Wildman–Crippen LogP) is 2.76. The number of alkyl halides is 1. The summed E-state index contributed by atoms with van der Waals surface area (Å²) in [6.45, 7) is 3.92. The van der Waals surface area contributed by atoms with Crippen molar-refractivity contribution in [3.05, 3.63) is 35.9 Å². The van der Waals surface area contributed by atoms with E-state index in [9.17, 15) is 0 Å². The summed E-state index contributed by atoms with van der Waals surface area (Å²) in [7, 11) is 1.88. The number of hydrogen-bond donors (Lipinski definition) is 0. The van der Waals surface area contributed by atoms with Gasteiger partial charge in [-0.1, -0.05) is 0 Å². The maximum atomic E-state index is 6.24. The zero-order valence-electron chi connectivity index (χ0n) is 11.0. The SMILES string of the molecule is Cc1ccnc2c1nc(C(C)Cl)n2-c1ccn(C)n1. The molecule has 3 rings (SSSR count). The smallest absolute Gasteiger partial charge is 0.166 e. The summed E-state index contributed by atoms with van der Waals surface area (Å²) in [6.07, 6.45) is 3.67. The Morgan fingerprint density at radius 3 is 2.74 bits per heavy atom. The molecule has 3 heterocycles. The molecule has 0 aromatic carbocycles. The summed E-state index contributed by atoms with van der Waals surface area (Å²) < 4.78 is 3.67. The molecule has 0 aliphatic carbocycles. The van der Waals surface area contributed by atoms with Crippen LogP contribution >= 0.6 is 11.6 Å². The second-order valence-electron chi connectivity index (χ2n) is 4.57. The molecular weight excluding hydrogens is 262 g/mol. The highest BCUT2D eigenvalue weighted by Gasteiger charge is 2.19. The Hall–Kier alpha value is -1.88. The van der Waals surface area contributed by atoms with Gasteiger partial charge in [0.25, 0.3) is 0 Å². The average Bonchev–Trinajstić information content (AvgIpc) is 2.93. The zero-order valence-corrected chi connectivity index (χ0v) is 11.8. The van der Waals surface area contributed by atoms with Crippen LogP contribution in [-0.4, -0.2) is 24.3 Å². The van der Waals surface area contributed by atoms with Crippen LogP contribution in [0, 0.1) is 6.92 Å². The van der Waals surface area contributed by atoms with E-state index in [4.69, 9.17) is 11.6 Å². The number of aryl methyl sites for hydroxylation is 2. The molecule has 0 saturated carbocycles. The van der Waals surface area contributed by atoms with Crippen molar-refractivity contribution in [3.8, 4) is 5.82 Å². The van der Waals surface area contributed by atoms with Gasteiger partial charge in [0.15, 0.2) is 11.5 Å². The lowest BCUT2D eigenvalue weighted by Crippen LogP contribution is -2.04. The highest BCUT2D eigenvalue weighted by molar-refractivity contribution is 6.20. The lowest BCUT2D eigenvalue weighted by Gasteiger charge is -2.06. The topological polar surface area (TPSA) is 48.5 Å². The van der Waals surface area contributed by atoms with Crippen LogP contribution in [0.1, 0.15) is 23.7 Å². The first-order valence-electron chi connectivity index (χ1n) is 6.06. The van der Waals surface area contributed by atoms with E-state index >= 15 is 0 Å². The molecule has 0 aliphatic rings. The van der Waals surface area contributed by atoms with E-state index in [-0.39, 0.29) is 5.38 Å². The fourth-order valence-corrected chi connectivity index (χ4v) is 2.27. The van der Waals surface area contributed by atoms with Crippen molar-refractivity contribution < 1.29 is 0 Å². The third-order valence-corrected chi connectivity index (χ3v) is 3.25. The molecule has 0 bridgehead atoms. The summed E-state index contributed by atoms with van der Waals surface area (Å²) in [4.78, 5) is 9.04. The molecular formula is C13H14ClN5. The number of hydrogen-bond acceptors (Lipinski definition) is 3. The summed E-state index contributed by atoms with van der Waals surface area (Å²) in [5, 5.41) is 4.20. The fourth-order valence-electron chi connectivity index (χ4n) is 2.13. The van der Waals surface area contributed by atoms with Gasteiger partial charge in [0.2, 0.25) is 0 Å². The van der Waals surface area contributed by atoms with E-state index in [0.717, 1.165) is 28.4 Å². The van der Waals surface area contributed by atoms with Crippen molar-refractivity contribution in [1.29, 1.82) is 0 Å². The van der Waals surface area contributed by atoms with Crippen LogP contribution in [0.25, 0.3) is 17.0 Å². The zero-order chi connectivity index (χ0) is 13.6. The number of nitrogens with zero attached hydrogens (tertiary/aromatic N) is 5. The van der Waals surface area contributed by atoms with Crippen molar-refractivity contribution in [3.63, 3.8) is 0 Å². The van der Waals surface area contributed by atoms with Crippen molar-refractivity contribution in [2.45, 2.75) is 19.2 Å². The molecule has 0 amide bonds. The summed E-state index contributed by atoms with van der Waals surface area (Å²) in [5.74, 6) is 1.54. The molecule has 1 atom stereocenters. The van der Waals surface area contributed by atoms with Gasteiger partial charge in [0, 0.05) is 25.5 Å². The molecule has 98 valence electrons. The standard InChI is InChI=1S/C13H14ClN5/c1-8-4-6-15-13-11(8)16-12(9(2)14)19(13)10-5-7-18(3)17-10/h4-7,9H,1-3H3. The highest BCUT2D eigenvalue weighted by atomic mass is 35.5. The number of rotatable bonds is 2. The van der Waals surface area contributed by atoms with Gasteiger partial charge in [-0.25, -0.2) is 9.97 Å². The first-order valence-corrected chi connectivity index (χ1v) is 6.49. The van der Waals surface area contributed by atoms with Crippen LogP contribution in [0.15, 0.2) is 24.5 Å². The minimum atomic E-state index is -0.212. The fraction of sp³-hybridized carbons (Fsp3) is 0.308. The third-order valence-electron chi connectivity index (χ3n) is 3.06. The van der Waals surface area contributed by atoms with E-state index in [1.165, 1.54) is 0 Å². The molecule has 19 heavy (non-hydrogen) atoms. The van der Waals surface area contributed by atoms with E-state index in [0.29, 0.717) is 0 Å². The van der Waals surface area contributed by atoms with Gasteiger partial charge in [-0.2, -0.15) is 5.10 Å². The van der Waals surface area contributed by atoms with Crippen LogP contribution in [0.3, 0.4) is 0 Å².